The van der Waals surface area contributed by atoms with E-state index < -0.39 is 0 Å². The van der Waals surface area contributed by atoms with E-state index in [0.29, 0.717) is 30.3 Å². The first-order valence-corrected chi connectivity index (χ1v) is 6.69. The Hall–Kier alpha value is -1.44. The molecule has 0 saturated heterocycles. The van der Waals surface area contributed by atoms with Crippen LogP contribution in [-0.4, -0.2) is 29.2 Å². The Balaban J connectivity index is 2.95. The molecule has 0 aliphatic rings. The molecule has 1 aromatic carbocycles. The summed E-state index contributed by atoms with van der Waals surface area (Å²) in [6.07, 6.45) is 1.93. The molecule has 0 bridgehead atoms. The van der Waals surface area contributed by atoms with Crippen molar-refractivity contribution < 1.29 is 9.50 Å². The quantitative estimate of drug-likeness (QED) is 0.823. The largest absolute Gasteiger partial charge is 0.395 e. The highest BCUT2D eigenvalue weighted by atomic mass is 19.1. The van der Waals surface area contributed by atoms with Gasteiger partial charge in [0.05, 0.1) is 18.2 Å². The Morgan fingerprint density at radius 1 is 1.37 bits per heavy atom. The van der Waals surface area contributed by atoms with Gasteiger partial charge in [0.15, 0.2) is 0 Å². The molecule has 0 radical (unpaired) electrons. The molecule has 3 nitrogen and oxygen atoms in total. The smallest absolute Gasteiger partial charge is 0.123 e. The zero-order chi connectivity index (χ0) is 14.3. The summed E-state index contributed by atoms with van der Waals surface area (Å²) in [7, 11) is 0. The number of nitriles is 1. The summed E-state index contributed by atoms with van der Waals surface area (Å²) in [5.41, 5.74) is 1.18. The third kappa shape index (κ3) is 4.30. The number of nitrogens with zero attached hydrogens (tertiary/aromatic N) is 2. The van der Waals surface area contributed by atoms with Crippen LogP contribution < -0.4 is 0 Å². The monoisotopic (exact) mass is 264 g/mol. The van der Waals surface area contributed by atoms with Crippen molar-refractivity contribution in [1.29, 1.82) is 5.26 Å². The number of halogens is 1. The molecule has 0 aromatic heterocycles. The summed E-state index contributed by atoms with van der Waals surface area (Å²) in [6, 6.07) is 6.64. The van der Waals surface area contributed by atoms with Crippen LogP contribution in [0.3, 0.4) is 0 Å². The second-order valence-electron chi connectivity index (χ2n) is 4.58. The standard InChI is InChI=1S/C15H21FN2O/c1-3-15(4-2)18(7-8-19)11-13-9-14(16)6-5-12(13)10-17/h5-6,9,15,19H,3-4,7-8,11H2,1-2H3. The van der Waals surface area contributed by atoms with E-state index in [2.05, 4.69) is 24.8 Å². The summed E-state index contributed by atoms with van der Waals surface area (Å²) in [4.78, 5) is 2.11. The summed E-state index contributed by atoms with van der Waals surface area (Å²) >= 11 is 0. The second-order valence-corrected chi connectivity index (χ2v) is 4.58. The van der Waals surface area contributed by atoms with Gasteiger partial charge in [-0.05, 0) is 36.6 Å². The molecule has 0 unspecified atom stereocenters. The lowest BCUT2D eigenvalue weighted by molar-refractivity contribution is 0.136. The number of hydrogen-bond donors (Lipinski definition) is 1. The maximum Gasteiger partial charge on any atom is 0.123 e. The van der Waals surface area contributed by atoms with Crippen LogP contribution in [0.5, 0.6) is 0 Å². The van der Waals surface area contributed by atoms with Gasteiger partial charge in [0.25, 0.3) is 0 Å². The van der Waals surface area contributed by atoms with Crippen LogP contribution in [0.4, 0.5) is 4.39 Å². The summed E-state index contributed by atoms with van der Waals surface area (Å²) < 4.78 is 13.3. The molecule has 1 aromatic rings. The van der Waals surface area contributed by atoms with Gasteiger partial charge in [-0.2, -0.15) is 5.26 Å². The SMILES string of the molecule is CCC(CC)N(CCO)Cc1cc(F)ccc1C#N. The minimum absolute atomic E-state index is 0.0632. The molecule has 1 N–H and O–H groups in total. The van der Waals surface area contributed by atoms with Gasteiger partial charge >= 0.3 is 0 Å². The minimum Gasteiger partial charge on any atom is -0.395 e. The predicted octanol–water partition coefficient (Wildman–Crippen LogP) is 2.68. The van der Waals surface area contributed by atoms with E-state index in [9.17, 15) is 4.39 Å². The Bertz CT molecular complexity index is 438. The van der Waals surface area contributed by atoms with Crippen molar-refractivity contribution in [3.05, 3.63) is 35.1 Å². The Morgan fingerprint density at radius 3 is 2.58 bits per heavy atom. The zero-order valence-corrected chi connectivity index (χ0v) is 11.6. The van der Waals surface area contributed by atoms with Crippen LogP contribution in [0.25, 0.3) is 0 Å². The number of benzene rings is 1. The molecule has 0 fully saturated rings. The molecule has 0 aliphatic heterocycles. The molecule has 19 heavy (non-hydrogen) atoms. The van der Waals surface area contributed by atoms with E-state index in [1.54, 1.807) is 0 Å². The summed E-state index contributed by atoms with van der Waals surface area (Å²) in [5, 5.41) is 18.2. The molecular weight excluding hydrogens is 243 g/mol. The van der Waals surface area contributed by atoms with Gasteiger partial charge in [0.1, 0.15) is 5.82 Å². The first kappa shape index (κ1) is 15.6. The topological polar surface area (TPSA) is 47.3 Å². The van der Waals surface area contributed by atoms with Crippen molar-refractivity contribution in [1.82, 2.24) is 4.90 Å². The van der Waals surface area contributed by atoms with Gasteiger partial charge in [-0.25, -0.2) is 4.39 Å². The normalized spacial score (nSPS) is 11.0. The van der Waals surface area contributed by atoms with Crippen LogP contribution in [0.2, 0.25) is 0 Å². The molecular formula is C15H21FN2O. The van der Waals surface area contributed by atoms with Crippen LogP contribution in [0.15, 0.2) is 18.2 Å². The van der Waals surface area contributed by atoms with Gasteiger partial charge in [-0.15, -0.1) is 0 Å². The van der Waals surface area contributed by atoms with E-state index in [0.717, 1.165) is 12.8 Å². The molecule has 104 valence electrons. The highest BCUT2D eigenvalue weighted by Gasteiger charge is 2.16. The van der Waals surface area contributed by atoms with E-state index >= 15 is 0 Å². The Kier molecular flexibility index (Phi) is 6.48. The van der Waals surface area contributed by atoms with Gasteiger partial charge in [-0.1, -0.05) is 13.8 Å². The average molecular weight is 264 g/mol. The molecule has 0 aliphatic carbocycles. The molecule has 1 rings (SSSR count). The fourth-order valence-electron chi connectivity index (χ4n) is 2.35. The van der Waals surface area contributed by atoms with Gasteiger partial charge in [0, 0.05) is 19.1 Å². The maximum atomic E-state index is 13.3. The van der Waals surface area contributed by atoms with Crippen molar-refractivity contribution in [2.24, 2.45) is 0 Å². The minimum atomic E-state index is -0.331. The fourth-order valence-corrected chi connectivity index (χ4v) is 2.35. The Labute approximate surface area is 114 Å². The van der Waals surface area contributed by atoms with E-state index in [4.69, 9.17) is 10.4 Å². The lowest BCUT2D eigenvalue weighted by Gasteiger charge is -2.30. The number of hydrogen-bond acceptors (Lipinski definition) is 3. The summed E-state index contributed by atoms with van der Waals surface area (Å²) in [5.74, 6) is -0.331. The van der Waals surface area contributed by atoms with Crippen molar-refractivity contribution in [3.63, 3.8) is 0 Å². The molecule has 4 heteroatoms. The zero-order valence-electron chi connectivity index (χ0n) is 11.6. The van der Waals surface area contributed by atoms with Crippen molar-refractivity contribution in [3.8, 4) is 6.07 Å². The molecule has 0 saturated carbocycles. The van der Waals surface area contributed by atoms with Gasteiger partial charge in [0.2, 0.25) is 0 Å². The number of rotatable bonds is 7. The van der Waals surface area contributed by atoms with Gasteiger partial charge < -0.3 is 5.11 Å². The molecule has 0 atom stereocenters. The van der Waals surface area contributed by atoms with Gasteiger partial charge in [-0.3, -0.25) is 4.90 Å². The molecule has 0 amide bonds. The highest BCUT2D eigenvalue weighted by molar-refractivity contribution is 5.37. The highest BCUT2D eigenvalue weighted by Crippen LogP contribution is 2.17. The average Bonchev–Trinajstić information content (AvgIpc) is 2.40. The van der Waals surface area contributed by atoms with Crippen LogP contribution in [0, 0.1) is 17.1 Å². The number of aliphatic hydroxyl groups excluding tert-OH is 1. The van der Waals surface area contributed by atoms with Crippen LogP contribution in [0.1, 0.15) is 37.8 Å². The van der Waals surface area contributed by atoms with Crippen molar-refractivity contribution >= 4 is 0 Å². The fraction of sp³-hybridized carbons (Fsp3) is 0.533. The lowest BCUT2D eigenvalue weighted by atomic mass is 10.0. The van der Waals surface area contributed by atoms with E-state index in [-0.39, 0.29) is 12.4 Å². The second kappa shape index (κ2) is 7.88. The van der Waals surface area contributed by atoms with E-state index in [1.165, 1.54) is 18.2 Å². The predicted molar refractivity (Wildman–Crippen MR) is 73.0 cm³/mol. The molecule has 0 spiro atoms. The first-order valence-electron chi connectivity index (χ1n) is 6.69. The van der Waals surface area contributed by atoms with Crippen molar-refractivity contribution in [2.75, 3.05) is 13.2 Å². The maximum absolute atomic E-state index is 13.3. The van der Waals surface area contributed by atoms with Crippen molar-refractivity contribution in [2.45, 2.75) is 39.3 Å². The Morgan fingerprint density at radius 2 is 2.05 bits per heavy atom. The summed E-state index contributed by atoms with van der Waals surface area (Å²) in [6.45, 7) is 5.28. The lowest BCUT2D eigenvalue weighted by Crippen LogP contribution is -2.36. The third-order valence-electron chi connectivity index (χ3n) is 3.41. The third-order valence-corrected chi connectivity index (χ3v) is 3.41. The van der Waals surface area contributed by atoms with Crippen LogP contribution >= 0.6 is 0 Å². The van der Waals surface area contributed by atoms with Crippen LogP contribution in [-0.2, 0) is 6.54 Å². The number of aliphatic hydroxyl groups is 1. The van der Waals surface area contributed by atoms with E-state index in [1.807, 2.05) is 0 Å². The molecule has 0 heterocycles. The first-order chi connectivity index (χ1) is 9.15.